The Balaban J connectivity index is 2.32. The molecule has 0 aromatic heterocycles. The van der Waals surface area contributed by atoms with Crippen LogP contribution in [0.5, 0.6) is 0 Å². The lowest BCUT2D eigenvalue weighted by Gasteiger charge is -2.36. The molecule has 13 heavy (non-hydrogen) atoms. The fraction of sp³-hybridized carbons (Fsp3) is 1.00. The molecule has 4 heteroatoms. The molecule has 0 spiro atoms. The van der Waals surface area contributed by atoms with Gasteiger partial charge >= 0.3 is 0 Å². The van der Waals surface area contributed by atoms with Gasteiger partial charge in [0.1, 0.15) is 0 Å². The predicted molar refractivity (Wildman–Crippen MR) is 56.2 cm³/mol. The first-order valence-corrected chi connectivity index (χ1v) is 5.85. The van der Waals surface area contributed by atoms with Gasteiger partial charge in [-0.25, -0.2) is 0 Å². The van der Waals surface area contributed by atoms with Gasteiger partial charge in [0.15, 0.2) is 0 Å². The Kier molecular flexibility index (Phi) is 4.66. The number of hydrogen-bond acceptors (Lipinski definition) is 3. The fourth-order valence-electron chi connectivity index (χ4n) is 1.78. The smallest absolute Gasteiger partial charge is 0.0763 e. The van der Waals surface area contributed by atoms with Crippen LogP contribution >= 0.6 is 15.9 Å². The standard InChI is InChI=1S/C9H18BrNO2/c1-7-4-11(5-8(2)13-7)6-9(12)3-10/h7-9,12H,3-6H2,1-2H3/t7-,8+,9?. The number of ether oxygens (including phenoxy) is 1. The third-order valence-corrected chi connectivity index (χ3v) is 2.89. The maximum absolute atomic E-state index is 9.45. The second-order valence-electron chi connectivity index (χ2n) is 3.78. The molecule has 0 amide bonds. The van der Waals surface area contributed by atoms with Crippen molar-refractivity contribution in [3.63, 3.8) is 0 Å². The number of alkyl halides is 1. The van der Waals surface area contributed by atoms with Crippen LogP contribution in [0.2, 0.25) is 0 Å². The second-order valence-corrected chi connectivity index (χ2v) is 4.43. The van der Waals surface area contributed by atoms with Crippen molar-refractivity contribution >= 4 is 15.9 Å². The summed E-state index contributed by atoms with van der Waals surface area (Å²) in [6.45, 7) is 6.73. The van der Waals surface area contributed by atoms with Crippen molar-refractivity contribution in [1.29, 1.82) is 0 Å². The maximum atomic E-state index is 9.45. The molecule has 1 heterocycles. The molecule has 0 saturated carbocycles. The Labute approximate surface area is 88.2 Å². The minimum atomic E-state index is -0.266. The highest BCUT2D eigenvalue weighted by atomic mass is 79.9. The summed E-state index contributed by atoms with van der Waals surface area (Å²) in [5.41, 5.74) is 0. The van der Waals surface area contributed by atoms with Crippen LogP contribution in [-0.4, -0.2) is 53.3 Å². The molecule has 1 aliphatic heterocycles. The van der Waals surface area contributed by atoms with E-state index >= 15 is 0 Å². The Morgan fingerprint density at radius 1 is 1.46 bits per heavy atom. The molecule has 0 bridgehead atoms. The van der Waals surface area contributed by atoms with Crippen LogP contribution in [0, 0.1) is 0 Å². The summed E-state index contributed by atoms with van der Waals surface area (Å²) in [4.78, 5) is 2.25. The zero-order valence-electron chi connectivity index (χ0n) is 8.24. The quantitative estimate of drug-likeness (QED) is 0.756. The summed E-state index contributed by atoms with van der Waals surface area (Å²) in [6.07, 6.45) is 0.301. The van der Waals surface area contributed by atoms with Crippen LogP contribution < -0.4 is 0 Å². The van der Waals surface area contributed by atoms with Gasteiger partial charge in [0, 0.05) is 25.0 Å². The van der Waals surface area contributed by atoms with E-state index < -0.39 is 0 Å². The Morgan fingerprint density at radius 2 is 2.00 bits per heavy atom. The largest absolute Gasteiger partial charge is 0.391 e. The van der Waals surface area contributed by atoms with Crippen molar-refractivity contribution in [2.45, 2.75) is 32.2 Å². The first-order valence-electron chi connectivity index (χ1n) is 4.73. The summed E-state index contributed by atoms with van der Waals surface area (Å²) in [5, 5.41) is 10.1. The third kappa shape index (κ3) is 3.94. The molecule has 3 atom stereocenters. The molecule has 1 aliphatic rings. The monoisotopic (exact) mass is 251 g/mol. The van der Waals surface area contributed by atoms with E-state index in [9.17, 15) is 5.11 Å². The minimum Gasteiger partial charge on any atom is -0.391 e. The average molecular weight is 252 g/mol. The summed E-state index contributed by atoms with van der Waals surface area (Å²) in [6, 6.07) is 0. The van der Waals surface area contributed by atoms with Gasteiger partial charge in [-0.15, -0.1) is 0 Å². The number of nitrogens with zero attached hydrogens (tertiary/aromatic N) is 1. The van der Waals surface area contributed by atoms with Crippen LogP contribution in [0.15, 0.2) is 0 Å². The second kappa shape index (κ2) is 5.29. The van der Waals surface area contributed by atoms with Gasteiger partial charge in [-0.05, 0) is 13.8 Å². The molecule has 1 N–H and O–H groups in total. The van der Waals surface area contributed by atoms with E-state index in [-0.39, 0.29) is 18.3 Å². The van der Waals surface area contributed by atoms with Crippen LogP contribution in [-0.2, 0) is 4.74 Å². The van der Waals surface area contributed by atoms with E-state index in [1.807, 2.05) is 0 Å². The van der Waals surface area contributed by atoms with E-state index in [1.165, 1.54) is 0 Å². The molecule has 3 nitrogen and oxygen atoms in total. The molecule has 1 saturated heterocycles. The van der Waals surface area contributed by atoms with Crippen molar-refractivity contribution < 1.29 is 9.84 Å². The molecule has 0 aromatic rings. The molecule has 0 aliphatic carbocycles. The SMILES string of the molecule is C[C@@H]1CN(CC(O)CBr)C[C@H](C)O1. The van der Waals surface area contributed by atoms with E-state index in [0.717, 1.165) is 19.6 Å². The third-order valence-electron chi connectivity index (χ3n) is 2.14. The van der Waals surface area contributed by atoms with Gasteiger partial charge in [0.2, 0.25) is 0 Å². The highest BCUT2D eigenvalue weighted by Crippen LogP contribution is 2.11. The zero-order chi connectivity index (χ0) is 9.84. The van der Waals surface area contributed by atoms with Crippen molar-refractivity contribution in [1.82, 2.24) is 4.90 Å². The van der Waals surface area contributed by atoms with Crippen molar-refractivity contribution in [3.8, 4) is 0 Å². The Morgan fingerprint density at radius 3 is 2.46 bits per heavy atom. The van der Waals surface area contributed by atoms with Crippen molar-refractivity contribution in [3.05, 3.63) is 0 Å². The lowest BCUT2D eigenvalue weighted by Crippen LogP contribution is -2.48. The van der Waals surface area contributed by atoms with Crippen LogP contribution in [0.3, 0.4) is 0 Å². The number of hydrogen-bond donors (Lipinski definition) is 1. The number of halogens is 1. The van der Waals surface area contributed by atoms with Gasteiger partial charge in [-0.2, -0.15) is 0 Å². The molecule has 1 fully saturated rings. The molecule has 0 radical (unpaired) electrons. The van der Waals surface area contributed by atoms with Gasteiger partial charge in [-0.3, -0.25) is 4.90 Å². The molecular weight excluding hydrogens is 234 g/mol. The summed E-state index contributed by atoms with van der Waals surface area (Å²) < 4.78 is 5.60. The number of aliphatic hydroxyl groups is 1. The Bertz CT molecular complexity index is 147. The molecular formula is C9H18BrNO2. The van der Waals surface area contributed by atoms with E-state index in [0.29, 0.717) is 5.33 Å². The molecule has 0 aromatic carbocycles. The molecule has 1 rings (SSSR count). The lowest BCUT2D eigenvalue weighted by atomic mass is 10.2. The van der Waals surface area contributed by atoms with Crippen molar-refractivity contribution in [2.75, 3.05) is 25.0 Å². The maximum Gasteiger partial charge on any atom is 0.0763 e. The first-order chi connectivity index (χ1) is 6.11. The zero-order valence-corrected chi connectivity index (χ0v) is 9.83. The van der Waals surface area contributed by atoms with E-state index in [1.54, 1.807) is 0 Å². The summed E-state index contributed by atoms with van der Waals surface area (Å²) in [5.74, 6) is 0. The van der Waals surface area contributed by atoms with Crippen LogP contribution in [0.4, 0.5) is 0 Å². The van der Waals surface area contributed by atoms with Gasteiger partial charge in [0.25, 0.3) is 0 Å². The van der Waals surface area contributed by atoms with E-state index in [4.69, 9.17) is 4.74 Å². The van der Waals surface area contributed by atoms with Gasteiger partial charge in [-0.1, -0.05) is 15.9 Å². The molecule has 1 unspecified atom stereocenters. The number of β-amino-alcohol motifs (C(OH)–C–C–N with tert-alkyl or cyclic N) is 1. The predicted octanol–water partition coefficient (Wildman–Crippen LogP) is 0.851. The minimum absolute atomic E-state index is 0.266. The van der Waals surface area contributed by atoms with E-state index in [2.05, 4.69) is 34.7 Å². The summed E-state index contributed by atoms with van der Waals surface area (Å²) >= 11 is 3.26. The van der Waals surface area contributed by atoms with Crippen LogP contribution in [0.25, 0.3) is 0 Å². The Hall–Kier alpha value is 0.360. The lowest BCUT2D eigenvalue weighted by molar-refractivity contribution is -0.0749. The number of aliphatic hydroxyl groups excluding tert-OH is 1. The van der Waals surface area contributed by atoms with Gasteiger partial charge in [0.05, 0.1) is 18.3 Å². The number of morpholine rings is 1. The van der Waals surface area contributed by atoms with Crippen molar-refractivity contribution in [2.24, 2.45) is 0 Å². The fourth-order valence-corrected chi connectivity index (χ4v) is 1.99. The highest BCUT2D eigenvalue weighted by molar-refractivity contribution is 9.09. The highest BCUT2D eigenvalue weighted by Gasteiger charge is 2.23. The normalized spacial score (nSPS) is 33.2. The molecule has 78 valence electrons. The average Bonchev–Trinajstić information content (AvgIpc) is 2.02. The summed E-state index contributed by atoms with van der Waals surface area (Å²) in [7, 11) is 0. The van der Waals surface area contributed by atoms with Crippen LogP contribution in [0.1, 0.15) is 13.8 Å². The topological polar surface area (TPSA) is 32.7 Å². The first kappa shape index (κ1) is 11.4. The van der Waals surface area contributed by atoms with Gasteiger partial charge < -0.3 is 9.84 Å². The number of rotatable bonds is 3.